The van der Waals surface area contributed by atoms with Gasteiger partial charge in [0.2, 0.25) is 11.8 Å². The minimum atomic E-state index is -0.215. The summed E-state index contributed by atoms with van der Waals surface area (Å²) in [6, 6.07) is 17.4. The first-order chi connectivity index (χ1) is 12.3. The predicted octanol–water partition coefficient (Wildman–Crippen LogP) is 4.08. The fourth-order valence-electron chi connectivity index (χ4n) is 2.17. The van der Waals surface area contributed by atoms with Crippen LogP contribution in [0.3, 0.4) is 0 Å². The van der Waals surface area contributed by atoms with Gasteiger partial charge in [-0.05, 0) is 24.3 Å². The second-order valence-electron chi connectivity index (χ2n) is 5.06. The van der Waals surface area contributed by atoms with Crippen molar-refractivity contribution in [2.24, 2.45) is 0 Å². The molecule has 1 amide bonds. The Morgan fingerprint density at radius 1 is 1.08 bits per heavy atom. The molecule has 0 aliphatic carbocycles. The normalized spacial score (nSPS) is 10.9. The lowest BCUT2D eigenvalue weighted by atomic mass is 10.2. The Bertz CT molecular complexity index is 981. The van der Waals surface area contributed by atoms with Gasteiger partial charge in [0.25, 0.3) is 0 Å². The molecule has 0 unspecified atom stereocenters. The highest BCUT2D eigenvalue weighted by molar-refractivity contribution is 8.01. The van der Waals surface area contributed by atoms with Crippen molar-refractivity contribution in [3.63, 3.8) is 0 Å². The molecule has 0 bridgehead atoms. The number of carbonyl (C=O) groups is 1. The number of nitrogens with one attached hydrogen (secondary N) is 1. The molecule has 2 aromatic carbocycles. The van der Waals surface area contributed by atoms with Crippen molar-refractivity contribution in [2.75, 3.05) is 11.1 Å². The molecule has 0 atom stereocenters. The largest absolute Gasteiger partial charge is 0.403 e. The summed E-state index contributed by atoms with van der Waals surface area (Å²) in [7, 11) is 0. The molecule has 6 nitrogen and oxygen atoms in total. The van der Waals surface area contributed by atoms with Crippen LogP contribution in [0.5, 0.6) is 0 Å². The van der Waals surface area contributed by atoms with Crippen LogP contribution in [0.4, 0.5) is 6.01 Å². The van der Waals surface area contributed by atoms with Gasteiger partial charge in [-0.15, -0.1) is 16.4 Å². The average molecular weight is 368 g/mol. The number of benzene rings is 2. The highest BCUT2D eigenvalue weighted by atomic mass is 32.2. The van der Waals surface area contributed by atoms with Gasteiger partial charge >= 0.3 is 6.01 Å². The number of hydrogen-bond acceptors (Lipinski definition) is 7. The topological polar surface area (TPSA) is 80.9 Å². The van der Waals surface area contributed by atoms with Crippen LogP contribution in [0, 0.1) is 0 Å². The summed E-state index contributed by atoms with van der Waals surface area (Å²) in [6.45, 7) is 0. The molecule has 2 aromatic heterocycles. The summed E-state index contributed by atoms with van der Waals surface area (Å²) in [5, 5.41) is 10.4. The second-order valence-corrected chi connectivity index (χ2v) is 7.32. The monoisotopic (exact) mass is 368 g/mol. The number of anilines is 1. The lowest BCUT2D eigenvalue weighted by molar-refractivity contribution is -0.113. The summed E-state index contributed by atoms with van der Waals surface area (Å²) >= 11 is 2.95. The zero-order valence-corrected chi connectivity index (χ0v) is 14.5. The summed E-state index contributed by atoms with van der Waals surface area (Å²) in [5.41, 5.74) is 1.75. The molecule has 4 aromatic rings. The Morgan fingerprint density at radius 3 is 2.72 bits per heavy atom. The third-order valence-electron chi connectivity index (χ3n) is 3.29. The third kappa shape index (κ3) is 3.70. The zero-order chi connectivity index (χ0) is 17.1. The van der Waals surface area contributed by atoms with E-state index in [0.29, 0.717) is 5.89 Å². The van der Waals surface area contributed by atoms with E-state index < -0.39 is 0 Å². The Hall–Kier alpha value is -2.71. The second kappa shape index (κ2) is 7.04. The van der Waals surface area contributed by atoms with E-state index in [2.05, 4.69) is 20.5 Å². The van der Waals surface area contributed by atoms with Crippen molar-refractivity contribution in [1.29, 1.82) is 0 Å². The van der Waals surface area contributed by atoms with Crippen LogP contribution in [0.25, 0.3) is 21.7 Å². The van der Waals surface area contributed by atoms with Crippen LogP contribution in [-0.4, -0.2) is 26.8 Å². The highest BCUT2D eigenvalue weighted by Crippen LogP contribution is 2.29. The number of aromatic nitrogens is 3. The van der Waals surface area contributed by atoms with Crippen LogP contribution < -0.4 is 5.32 Å². The molecule has 1 N–H and O–H groups in total. The smallest absolute Gasteiger partial charge is 0.322 e. The van der Waals surface area contributed by atoms with Gasteiger partial charge in [0.05, 0.1) is 16.0 Å². The van der Waals surface area contributed by atoms with E-state index in [0.717, 1.165) is 20.1 Å². The van der Waals surface area contributed by atoms with Crippen LogP contribution in [0.15, 0.2) is 63.4 Å². The molecule has 0 aliphatic rings. The first-order valence-electron chi connectivity index (χ1n) is 7.45. The first-order valence-corrected chi connectivity index (χ1v) is 9.25. The Labute approximate surface area is 151 Å². The maximum absolute atomic E-state index is 12.1. The maximum atomic E-state index is 12.1. The molecule has 124 valence electrons. The van der Waals surface area contributed by atoms with E-state index in [4.69, 9.17) is 4.42 Å². The summed E-state index contributed by atoms with van der Waals surface area (Å²) in [6.07, 6.45) is 0. The molecule has 0 aliphatic heterocycles. The minimum absolute atomic E-state index is 0.0914. The lowest BCUT2D eigenvalue weighted by Crippen LogP contribution is -2.14. The zero-order valence-electron chi connectivity index (χ0n) is 12.9. The Balaban J connectivity index is 1.37. The summed E-state index contributed by atoms with van der Waals surface area (Å²) in [5.74, 6) is 0.380. The van der Waals surface area contributed by atoms with Gasteiger partial charge in [-0.2, -0.15) is 0 Å². The number of thioether (sulfide) groups is 1. The van der Waals surface area contributed by atoms with Crippen molar-refractivity contribution < 1.29 is 9.21 Å². The number of para-hydroxylation sites is 1. The average Bonchev–Trinajstić information content (AvgIpc) is 3.27. The Morgan fingerprint density at radius 2 is 1.88 bits per heavy atom. The lowest BCUT2D eigenvalue weighted by Gasteiger charge is -1.98. The fraction of sp³-hybridized carbons (Fsp3) is 0.0588. The number of fused-ring (bicyclic) bond motifs is 1. The van der Waals surface area contributed by atoms with Crippen molar-refractivity contribution in [3.05, 3.63) is 54.6 Å². The summed E-state index contributed by atoms with van der Waals surface area (Å²) < 4.78 is 7.42. The van der Waals surface area contributed by atoms with E-state index in [1.54, 1.807) is 11.3 Å². The molecule has 8 heteroatoms. The van der Waals surface area contributed by atoms with Crippen LogP contribution in [0.2, 0.25) is 0 Å². The standard InChI is InChI=1S/C17H12N4O2S2/c22-14(10-24-17-18-12-8-4-5-9-13(12)25-17)19-16-21-20-15(23-16)11-6-2-1-3-7-11/h1-9H,10H2,(H,19,21,22). The van der Waals surface area contributed by atoms with Crippen molar-refractivity contribution in [2.45, 2.75) is 4.34 Å². The predicted molar refractivity (Wildman–Crippen MR) is 98.7 cm³/mol. The molecule has 0 fully saturated rings. The number of amides is 1. The van der Waals surface area contributed by atoms with E-state index in [1.165, 1.54) is 11.8 Å². The highest BCUT2D eigenvalue weighted by Gasteiger charge is 2.12. The van der Waals surface area contributed by atoms with Gasteiger partial charge in [-0.3, -0.25) is 10.1 Å². The molecule has 2 heterocycles. The van der Waals surface area contributed by atoms with E-state index in [9.17, 15) is 4.79 Å². The van der Waals surface area contributed by atoms with Gasteiger partial charge in [-0.25, -0.2) is 4.98 Å². The number of nitrogens with zero attached hydrogens (tertiary/aromatic N) is 3. The maximum Gasteiger partial charge on any atom is 0.322 e. The molecule has 0 radical (unpaired) electrons. The van der Waals surface area contributed by atoms with Gasteiger partial charge in [-0.1, -0.05) is 47.2 Å². The SMILES string of the molecule is O=C(CSc1nc2ccccc2s1)Nc1nnc(-c2ccccc2)o1. The fourth-order valence-corrected chi connectivity index (χ4v) is 4.04. The molecular weight excluding hydrogens is 356 g/mol. The third-order valence-corrected chi connectivity index (χ3v) is 5.47. The summed E-state index contributed by atoms with van der Waals surface area (Å²) in [4.78, 5) is 16.5. The molecule has 4 rings (SSSR count). The van der Waals surface area contributed by atoms with Crippen molar-refractivity contribution >= 4 is 45.2 Å². The van der Waals surface area contributed by atoms with Gasteiger partial charge in [0.1, 0.15) is 0 Å². The first kappa shape index (κ1) is 15.8. The van der Waals surface area contributed by atoms with Gasteiger partial charge in [0.15, 0.2) is 4.34 Å². The molecule has 0 spiro atoms. The number of carbonyl (C=O) groups excluding carboxylic acids is 1. The van der Waals surface area contributed by atoms with Crippen molar-refractivity contribution in [3.8, 4) is 11.5 Å². The number of thiazole rings is 1. The van der Waals surface area contributed by atoms with Crippen molar-refractivity contribution in [1.82, 2.24) is 15.2 Å². The van der Waals surface area contributed by atoms with E-state index >= 15 is 0 Å². The van der Waals surface area contributed by atoms with Crippen LogP contribution >= 0.6 is 23.1 Å². The molecule has 0 saturated carbocycles. The quantitative estimate of drug-likeness (QED) is 0.535. The van der Waals surface area contributed by atoms with E-state index in [-0.39, 0.29) is 17.7 Å². The minimum Gasteiger partial charge on any atom is -0.403 e. The van der Waals surface area contributed by atoms with Gasteiger partial charge in [0, 0.05) is 5.56 Å². The molecule has 25 heavy (non-hydrogen) atoms. The van der Waals surface area contributed by atoms with Crippen LogP contribution in [0.1, 0.15) is 0 Å². The van der Waals surface area contributed by atoms with Crippen LogP contribution in [-0.2, 0) is 4.79 Å². The number of rotatable bonds is 5. The Kier molecular flexibility index (Phi) is 4.45. The van der Waals surface area contributed by atoms with Gasteiger partial charge < -0.3 is 4.42 Å². The molecular formula is C17H12N4O2S2. The van der Waals surface area contributed by atoms with E-state index in [1.807, 2.05) is 54.6 Å². The molecule has 0 saturated heterocycles. The number of hydrogen-bond donors (Lipinski definition) is 1.